The number of hydrogen-bond acceptors (Lipinski definition) is 3. The monoisotopic (exact) mass is 360 g/mol. The van der Waals surface area contributed by atoms with Crippen LogP contribution in [0.4, 0.5) is 5.69 Å². The van der Waals surface area contributed by atoms with Crippen molar-refractivity contribution < 1.29 is 13.2 Å². The Morgan fingerprint density at radius 3 is 2.48 bits per heavy atom. The summed E-state index contributed by atoms with van der Waals surface area (Å²) in [6.07, 6.45) is 4.44. The predicted octanol–water partition coefficient (Wildman–Crippen LogP) is 3.42. The molecule has 1 amide bonds. The number of primary amides is 1. The van der Waals surface area contributed by atoms with Crippen molar-refractivity contribution in [3.8, 4) is 0 Å². The molecule has 1 atom stereocenters. The van der Waals surface area contributed by atoms with E-state index in [4.69, 9.17) is 5.73 Å². The fourth-order valence-corrected chi connectivity index (χ4v) is 5.15. The largest absolute Gasteiger partial charge is 0.369 e. The summed E-state index contributed by atoms with van der Waals surface area (Å²) in [5, 5.41) is 1.79. The van der Waals surface area contributed by atoms with Gasteiger partial charge in [0.15, 0.2) is 0 Å². The zero-order chi connectivity index (χ0) is 18.0. The second kappa shape index (κ2) is 7.04. The first-order valence-corrected chi connectivity index (χ1v) is 10.2. The van der Waals surface area contributed by atoms with Gasteiger partial charge in [0, 0.05) is 17.8 Å². The highest BCUT2D eigenvalue weighted by Gasteiger charge is 2.34. The van der Waals surface area contributed by atoms with E-state index in [1.54, 1.807) is 12.1 Å². The first-order chi connectivity index (χ1) is 11.9. The van der Waals surface area contributed by atoms with E-state index >= 15 is 0 Å². The number of rotatable bonds is 8. The highest BCUT2D eigenvalue weighted by Crippen LogP contribution is 2.41. The minimum Gasteiger partial charge on any atom is -0.369 e. The average Bonchev–Trinajstić information content (AvgIpc) is 2.80. The Morgan fingerprint density at radius 1 is 1.08 bits per heavy atom. The van der Waals surface area contributed by atoms with Gasteiger partial charge in [-0.25, -0.2) is 8.42 Å². The summed E-state index contributed by atoms with van der Waals surface area (Å²) >= 11 is 0. The third-order valence-corrected chi connectivity index (χ3v) is 6.77. The van der Waals surface area contributed by atoms with Crippen LogP contribution in [-0.2, 0) is 14.8 Å². The Kier molecular flexibility index (Phi) is 4.99. The molecule has 134 valence electrons. The van der Waals surface area contributed by atoms with Crippen LogP contribution in [0.25, 0.3) is 10.8 Å². The van der Waals surface area contributed by atoms with Crippen molar-refractivity contribution >= 4 is 32.4 Å². The molecular formula is C19H24N2O3S. The molecule has 0 saturated carbocycles. The number of unbranched alkanes of at least 4 members (excludes halogenated alkanes) is 3. The number of carbonyl (C=O) groups is 1. The molecule has 2 aromatic carbocycles. The van der Waals surface area contributed by atoms with Gasteiger partial charge in [0.1, 0.15) is 0 Å². The van der Waals surface area contributed by atoms with Gasteiger partial charge in [-0.2, -0.15) is 0 Å². The van der Waals surface area contributed by atoms with Gasteiger partial charge in [0.25, 0.3) is 10.0 Å². The maximum absolute atomic E-state index is 12.8. The van der Waals surface area contributed by atoms with Crippen LogP contribution >= 0.6 is 0 Å². The Labute approximate surface area is 148 Å². The number of anilines is 1. The third kappa shape index (κ3) is 3.35. The quantitative estimate of drug-likeness (QED) is 0.733. The standard InChI is InChI=1S/C19H24N2O3S/c1-14(19(20)22)8-4-2-3-5-13-21-16-11-6-9-15-10-7-12-17(18(15)16)25(21,23)24/h6-7,9-12,14H,2-5,8,13H2,1H3,(H2,20,22). The molecule has 0 radical (unpaired) electrons. The fourth-order valence-electron chi connectivity index (χ4n) is 3.40. The number of benzene rings is 2. The van der Waals surface area contributed by atoms with E-state index in [2.05, 4.69) is 0 Å². The average molecular weight is 360 g/mol. The maximum Gasteiger partial charge on any atom is 0.265 e. The van der Waals surface area contributed by atoms with Gasteiger partial charge < -0.3 is 5.73 Å². The van der Waals surface area contributed by atoms with E-state index in [0.29, 0.717) is 11.4 Å². The molecule has 2 N–H and O–H groups in total. The van der Waals surface area contributed by atoms with Crippen molar-refractivity contribution in [1.82, 2.24) is 0 Å². The molecule has 0 aromatic heterocycles. The van der Waals surface area contributed by atoms with Crippen molar-refractivity contribution in [2.24, 2.45) is 11.7 Å². The van der Waals surface area contributed by atoms with E-state index < -0.39 is 10.0 Å². The summed E-state index contributed by atoms with van der Waals surface area (Å²) in [6, 6.07) is 11.2. The van der Waals surface area contributed by atoms with Crippen molar-refractivity contribution in [2.45, 2.75) is 43.9 Å². The molecule has 1 unspecified atom stereocenters. The molecule has 1 aliphatic rings. The van der Waals surface area contributed by atoms with Gasteiger partial charge >= 0.3 is 0 Å². The topological polar surface area (TPSA) is 80.5 Å². The molecule has 0 spiro atoms. The molecule has 25 heavy (non-hydrogen) atoms. The van der Waals surface area contributed by atoms with E-state index in [0.717, 1.165) is 48.6 Å². The molecule has 1 aliphatic heterocycles. The normalized spacial score (nSPS) is 16.3. The zero-order valence-corrected chi connectivity index (χ0v) is 15.3. The highest BCUT2D eigenvalue weighted by molar-refractivity contribution is 7.93. The zero-order valence-electron chi connectivity index (χ0n) is 14.4. The van der Waals surface area contributed by atoms with Crippen molar-refractivity contribution in [2.75, 3.05) is 10.8 Å². The SMILES string of the molecule is CC(CCCCCCN1c2cccc3cccc(c23)S1(=O)=O)C(N)=O. The minimum absolute atomic E-state index is 0.0916. The van der Waals surface area contributed by atoms with Crippen LogP contribution in [0.1, 0.15) is 39.0 Å². The van der Waals surface area contributed by atoms with Crippen LogP contribution < -0.4 is 10.0 Å². The van der Waals surface area contributed by atoms with E-state index in [-0.39, 0.29) is 11.8 Å². The minimum atomic E-state index is -3.44. The number of amides is 1. The molecule has 5 nitrogen and oxygen atoms in total. The van der Waals surface area contributed by atoms with Crippen LogP contribution in [0.15, 0.2) is 41.3 Å². The first-order valence-electron chi connectivity index (χ1n) is 8.76. The van der Waals surface area contributed by atoms with Gasteiger partial charge in [-0.15, -0.1) is 0 Å². The Bertz CT molecular complexity index is 887. The van der Waals surface area contributed by atoms with E-state index in [1.807, 2.05) is 31.2 Å². The summed E-state index contributed by atoms with van der Waals surface area (Å²) in [6.45, 7) is 2.33. The first kappa shape index (κ1) is 17.7. The fraction of sp³-hybridized carbons (Fsp3) is 0.421. The summed E-state index contributed by atoms with van der Waals surface area (Å²) < 4.78 is 27.2. The molecule has 2 aromatic rings. The molecule has 3 rings (SSSR count). The molecule has 1 heterocycles. The van der Waals surface area contributed by atoms with Crippen molar-refractivity contribution in [3.63, 3.8) is 0 Å². The lowest BCUT2D eigenvalue weighted by Crippen LogP contribution is -2.28. The van der Waals surface area contributed by atoms with Crippen molar-refractivity contribution in [1.29, 1.82) is 0 Å². The molecular weight excluding hydrogens is 336 g/mol. The van der Waals surface area contributed by atoms with Gasteiger partial charge in [-0.05, 0) is 30.4 Å². The van der Waals surface area contributed by atoms with E-state index in [9.17, 15) is 13.2 Å². The Balaban J connectivity index is 1.61. The highest BCUT2D eigenvalue weighted by atomic mass is 32.2. The lowest BCUT2D eigenvalue weighted by molar-refractivity contribution is -0.121. The summed E-state index contributed by atoms with van der Waals surface area (Å²) in [4.78, 5) is 11.4. The molecule has 6 heteroatoms. The summed E-state index contributed by atoms with van der Waals surface area (Å²) in [7, 11) is -3.44. The Morgan fingerprint density at radius 2 is 1.76 bits per heavy atom. The van der Waals surface area contributed by atoms with Gasteiger partial charge in [0.05, 0.1) is 10.6 Å². The number of hydrogen-bond donors (Lipinski definition) is 1. The van der Waals surface area contributed by atoms with Gasteiger partial charge in [-0.3, -0.25) is 9.10 Å². The lowest BCUT2D eigenvalue weighted by atomic mass is 10.0. The van der Waals surface area contributed by atoms with Crippen LogP contribution in [0.3, 0.4) is 0 Å². The smallest absolute Gasteiger partial charge is 0.265 e. The molecule has 0 bridgehead atoms. The third-order valence-electron chi connectivity index (χ3n) is 4.92. The molecule has 0 fully saturated rings. The van der Waals surface area contributed by atoms with Gasteiger partial charge in [0.2, 0.25) is 5.91 Å². The van der Waals surface area contributed by atoms with Crippen LogP contribution in [-0.4, -0.2) is 20.9 Å². The summed E-state index contributed by atoms with van der Waals surface area (Å²) in [5.74, 6) is -0.347. The predicted molar refractivity (Wildman–Crippen MR) is 99.9 cm³/mol. The number of nitrogens with zero attached hydrogens (tertiary/aromatic N) is 1. The van der Waals surface area contributed by atoms with Crippen LogP contribution in [0, 0.1) is 5.92 Å². The van der Waals surface area contributed by atoms with E-state index in [1.165, 1.54) is 4.31 Å². The van der Waals surface area contributed by atoms with Gasteiger partial charge in [-0.1, -0.05) is 50.5 Å². The maximum atomic E-state index is 12.8. The summed E-state index contributed by atoms with van der Waals surface area (Å²) in [5.41, 5.74) is 6.04. The van der Waals surface area contributed by atoms with Crippen LogP contribution in [0.5, 0.6) is 0 Å². The molecule has 0 aliphatic carbocycles. The Hall–Kier alpha value is -2.08. The number of carbonyl (C=O) groups excluding carboxylic acids is 1. The lowest BCUT2D eigenvalue weighted by Gasteiger charge is -2.18. The molecule has 0 saturated heterocycles. The number of sulfonamides is 1. The van der Waals surface area contributed by atoms with Crippen LogP contribution in [0.2, 0.25) is 0 Å². The number of nitrogens with two attached hydrogens (primary N) is 1. The van der Waals surface area contributed by atoms with Crippen molar-refractivity contribution in [3.05, 3.63) is 36.4 Å². The second-order valence-electron chi connectivity index (χ2n) is 6.71. The second-order valence-corrected chi connectivity index (χ2v) is 8.55.